The number of furan rings is 1. The topological polar surface area (TPSA) is 156 Å². The van der Waals surface area contributed by atoms with Crippen molar-refractivity contribution >= 4 is 23.6 Å². The molecule has 4 aromatic rings. The summed E-state index contributed by atoms with van der Waals surface area (Å²) in [4.78, 5) is 15.5. The zero-order chi connectivity index (χ0) is 21.4. The van der Waals surface area contributed by atoms with Crippen molar-refractivity contribution < 1.29 is 14.9 Å². The van der Waals surface area contributed by atoms with Crippen LogP contribution in [0.3, 0.4) is 0 Å². The van der Waals surface area contributed by atoms with Crippen LogP contribution in [-0.2, 0) is 13.0 Å². The molecule has 0 fully saturated rings. The van der Waals surface area contributed by atoms with E-state index in [4.69, 9.17) is 15.6 Å². The van der Waals surface area contributed by atoms with E-state index in [-0.39, 0.29) is 11.7 Å². The Morgan fingerprint density at radius 2 is 2.26 bits per heavy atom. The van der Waals surface area contributed by atoms with Crippen LogP contribution in [0.15, 0.2) is 35.1 Å². The van der Waals surface area contributed by atoms with Crippen molar-refractivity contribution in [2.45, 2.75) is 13.0 Å². The Labute approximate surface area is 177 Å². The molecule has 0 aliphatic carbocycles. The summed E-state index contributed by atoms with van der Waals surface area (Å²) in [6.07, 6.45) is 5.34. The molecule has 0 atom stereocenters. The summed E-state index contributed by atoms with van der Waals surface area (Å²) < 4.78 is 6.82. The van der Waals surface area contributed by atoms with Gasteiger partial charge in [-0.2, -0.15) is 9.50 Å². The number of hydrogen-bond donors (Lipinski definition) is 4. The van der Waals surface area contributed by atoms with Gasteiger partial charge in [0.15, 0.2) is 17.6 Å². The number of pyridine rings is 1. The molecule has 11 heteroatoms. The van der Waals surface area contributed by atoms with Crippen LogP contribution >= 0.6 is 0 Å². The lowest BCUT2D eigenvalue weighted by Crippen LogP contribution is -2.35. The van der Waals surface area contributed by atoms with Gasteiger partial charge in [0, 0.05) is 38.3 Å². The minimum atomic E-state index is 0.192. The molecule has 0 bridgehead atoms. The third-order valence-electron chi connectivity index (χ3n) is 5.28. The Morgan fingerprint density at radius 3 is 3.06 bits per heavy atom. The van der Waals surface area contributed by atoms with E-state index in [1.54, 1.807) is 24.5 Å². The lowest BCUT2D eigenvalue weighted by Gasteiger charge is -2.28. The van der Waals surface area contributed by atoms with Crippen molar-refractivity contribution in [1.29, 1.82) is 0 Å². The van der Waals surface area contributed by atoms with Crippen molar-refractivity contribution in [3.8, 4) is 17.3 Å². The van der Waals surface area contributed by atoms with Crippen LogP contribution in [-0.4, -0.2) is 60.4 Å². The summed E-state index contributed by atoms with van der Waals surface area (Å²) in [7, 11) is 0. The SMILES string of the molecule is Nc1nc(NCCN2CCc3ncc(O)cc3C2)c(C=[NH2+])c2nc(-c3ccco3)nn12. The normalized spacial score (nSPS) is 13.9. The van der Waals surface area contributed by atoms with E-state index in [1.807, 2.05) is 0 Å². The first kappa shape index (κ1) is 19.0. The average Bonchev–Trinajstić information content (AvgIpc) is 3.44. The number of nitrogens with zero attached hydrogens (tertiary/aromatic N) is 6. The third kappa shape index (κ3) is 3.55. The molecule has 0 radical (unpaired) electrons. The molecule has 0 aromatic carbocycles. The fourth-order valence-corrected chi connectivity index (χ4v) is 3.77. The molecule has 6 N–H and O–H groups in total. The minimum Gasteiger partial charge on any atom is -0.506 e. The monoisotopic (exact) mass is 420 g/mol. The maximum absolute atomic E-state index is 9.68. The number of aromatic hydroxyl groups is 1. The van der Waals surface area contributed by atoms with Gasteiger partial charge in [-0.3, -0.25) is 15.3 Å². The van der Waals surface area contributed by atoms with E-state index >= 15 is 0 Å². The molecule has 0 unspecified atom stereocenters. The van der Waals surface area contributed by atoms with Crippen molar-refractivity contribution in [3.05, 3.63) is 47.5 Å². The van der Waals surface area contributed by atoms with E-state index in [1.165, 1.54) is 16.9 Å². The second-order valence-corrected chi connectivity index (χ2v) is 7.30. The molecule has 0 saturated carbocycles. The average molecular weight is 420 g/mol. The van der Waals surface area contributed by atoms with E-state index < -0.39 is 0 Å². The lowest BCUT2D eigenvalue weighted by atomic mass is 10.1. The predicted molar refractivity (Wildman–Crippen MR) is 113 cm³/mol. The number of hydrogen-bond acceptors (Lipinski definition) is 9. The van der Waals surface area contributed by atoms with Crippen LogP contribution in [0.5, 0.6) is 5.75 Å². The summed E-state index contributed by atoms with van der Waals surface area (Å²) in [5, 5.41) is 23.3. The first-order valence-corrected chi connectivity index (χ1v) is 9.90. The second kappa shape index (κ2) is 7.69. The van der Waals surface area contributed by atoms with E-state index in [0.717, 1.165) is 37.3 Å². The molecule has 11 nitrogen and oxygen atoms in total. The molecule has 1 aliphatic rings. The lowest BCUT2D eigenvalue weighted by molar-refractivity contribution is -0.104. The van der Waals surface area contributed by atoms with Crippen LogP contribution in [0, 0.1) is 0 Å². The Morgan fingerprint density at radius 1 is 1.35 bits per heavy atom. The molecule has 1 aliphatic heterocycles. The van der Waals surface area contributed by atoms with Gasteiger partial charge >= 0.3 is 0 Å². The van der Waals surface area contributed by atoms with Gasteiger partial charge in [0.2, 0.25) is 11.8 Å². The molecule has 158 valence electrons. The molecule has 4 aromatic heterocycles. The molecule has 5 rings (SSSR count). The molecule has 0 saturated heterocycles. The number of nitrogens with two attached hydrogens (primary N) is 2. The summed E-state index contributed by atoms with van der Waals surface area (Å²) in [6, 6.07) is 5.32. The maximum atomic E-state index is 9.68. The van der Waals surface area contributed by atoms with Crippen LogP contribution < -0.4 is 16.5 Å². The number of rotatable bonds is 6. The van der Waals surface area contributed by atoms with Crippen molar-refractivity contribution in [2.24, 2.45) is 0 Å². The zero-order valence-electron chi connectivity index (χ0n) is 16.7. The molecule has 31 heavy (non-hydrogen) atoms. The van der Waals surface area contributed by atoms with Crippen molar-refractivity contribution in [3.63, 3.8) is 0 Å². The molecule has 5 heterocycles. The highest BCUT2D eigenvalue weighted by molar-refractivity contribution is 5.91. The highest BCUT2D eigenvalue weighted by Gasteiger charge is 2.20. The van der Waals surface area contributed by atoms with Gasteiger partial charge in [-0.1, -0.05) is 0 Å². The summed E-state index contributed by atoms with van der Waals surface area (Å²) >= 11 is 0. The zero-order valence-corrected chi connectivity index (χ0v) is 16.7. The summed E-state index contributed by atoms with van der Waals surface area (Å²) in [5.74, 6) is 1.87. The Balaban J connectivity index is 1.33. The minimum absolute atomic E-state index is 0.192. The first-order valence-electron chi connectivity index (χ1n) is 9.90. The molecule has 0 spiro atoms. The van der Waals surface area contributed by atoms with Gasteiger partial charge in [-0.15, -0.1) is 5.10 Å². The number of fused-ring (bicyclic) bond motifs is 2. The third-order valence-corrected chi connectivity index (χ3v) is 5.28. The van der Waals surface area contributed by atoms with Crippen LogP contribution in [0.2, 0.25) is 0 Å². The van der Waals surface area contributed by atoms with Gasteiger partial charge in [0.05, 0.1) is 12.5 Å². The smallest absolute Gasteiger partial charge is 0.225 e. The van der Waals surface area contributed by atoms with Gasteiger partial charge in [0.1, 0.15) is 17.1 Å². The van der Waals surface area contributed by atoms with Gasteiger partial charge in [-0.25, -0.2) is 4.98 Å². The van der Waals surface area contributed by atoms with Gasteiger partial charge in [0.25, 0.3) is 0 Å². The van der Waals surface area contributed by atoms with E-state index in [9.17, 15) is 5.11 Å². The number of nitrogens with one attached hydrogen (secondary N) is 1. The standard InChI is InChI=1S/C20H21N9O2/c21-9-14-17(23-4-6-28-5-3-15-12(11-28)8-13(30)10-24-15)26-20(22)29-19(14)25-18(27-29)16-2-1-7-31-16/h1-2,7-10,21,23,30H,3-6,11H2,(H2,22,26)/p+1. The highest BCUT2D eigenvalue weighted by atomic mass is 16.3. The van der Waals surface area contributed by atoms with Crippen LogP contribution in [0.25, 0.3) is 17.2 Å². The van der Waals surface area contributed by atoms with Crippen molar-refractivity contribution in [1.82, 2.24) is 29.5 Å². The van der Waals surface area contributed by atoms with E-state index in [2.05, 4.69) is 30.3 Å². The fourth-order valence-electron chi connectivity index (χ4n) is 3.77. The van der Waals surface area contributed by atoms with E-state index in [0.29, 0.717) is 35.2 Å². The number of aromatic nitrogens is 5. The Kier molecular flexibility index (Phi) is 4.71. The predicted octanol–water partition coefficient (Wildman–Crippen LogP) is -0.285. The fraction of sp³-hybridized carbons (Fsp3) is 0.250. The van der Waals surface area contributed by atoms with Crippen molar-refractivity contribution in [2.75, 3.05) is 30.7 Å². The van der Waals surface area contributed by atoms with Gasteiger partial charge < -0.3 is 20.6 Å². The number of anilines is 2. The Bertz CT molecular complexity index is 1250. The summed E-state index contributed by atoms with van der Waals surface area (Å²) in [5.41, 5.74) is 9.32. The largest absolute Gasteiger partial charge is 0.506 e. The van der Waals surface area contributed by atoms with Crippen LogP contribution in [0.4, 0.5) is 11.8 Å². The highest BCUT2D eigenvalue weighted by Crippen LogP contribution is 2.23. The number of nitrogen functional groups attached to an aromatic ring is 1. The second-order valence-electron chi connectivity index (χ2n) is 7.30. The van der Waals surface area contributed by atoms with Gasteiger partial charge in [-0.05, 0) is 23.8 Å². The first-order chi connectivity index (χ1) is 15.1. The molecular formula is C20H22N9O2+. The molecular weight excluding hydrogens is 398 g/mol. The maximum Gasteiger partial charge on any atom is 0.225 e. The quantitative estimate of drug-likeness (QED) is 0.308. The Hall–Kier alpha value is -3.99. The summed E-state index contributed by atoms with van der Waals surface area (Å²) in [6.45, 7) is 3.04. The van der Waals surface area contributed by atoms with Crippen LogP contribution in [0.1, 0.15) is 16.8 Å². The molecule has 0 amide bonds.